The first kappa shape index (κ1) is 11.6. The van der Waals surface area contributed by atoms with Crippen LogP contribution in [0.25, 0.3) is 0 Å². The van der Waals surface area contributed by atoms with Crippen LogP contribution < -0.4 is 0 Å². The maximum Gasteiger partial charge on any atom is 0.234 e. The van der Waals surface area contributed by atoms with E-state index in [-0.39, 0.29) is 0 Å². The van der Waals surface area contributed by atoms with Crippen molar-refractivity contribution in [1.82, 2.24) is 0 Å². The summed E-state index contributed by atoms with van der Waals surface area (Å²) >= 11 is 0. The van der Waals surface area contributed by atoms with Gasteiger partial charge in [0.2, 0.25) is 6.08 Å². The van der Waals surface area contributed by atoms with Gasteiger partial charge in [0.25, 0.3) is 0 Å². The van der Waals surface area contributed by atoms with Gasteiger partial charge in [-0.05, 0) is 18.5 Å². The van der Waals surface area contributed by atoms with Gasteiger partial charge in [-0.2, -0.15) is 0 Å². The molecule has 1 unspecified atom stereocenters. The molecule has 4 heteroatoms. The second-order valence-corrected chi connectivity index (χ2v) is 5.63. The smallest absolute Gasteiger partial charge is 0.234 e. The summed E-state index contributed by atoms with van der Waals surface area (Å²) in [6, 6.07) is 2.34. The summed E-state index contributed by atoms with van der Waals surface area (Å²) in [7, 11) is 0.842. The van der Waals surface area contributed by atoms with Crippen LogP contribution in [0.2, 0.25) is 12.1 Å². The van der Waals surface area contributed by atoms with Crippen LogP contribution in [0.4, 0.5) is 0 Å². The number of nitrogens with zero attached hydrogens (tertiary/aromatic N) is 1. The predicted molar refractivity (Wildman–Crippen MR) is 51.7 cm³/mol. The Morgan fingerprint density at radius 2 is 2.25 bits per heavy atom. The molecule has 0 heterocycles. The molecule has 0 aliphatic rings. The normalized spacial score (nSPS) is 12.2. The van der Waals surface area contributed by atoms with E-state index in [1.807, 2.05) is 0 Å². The lowest BCUT2D eigenvalue weighted by Gasteiger charge is -2.10. The van der Waals surface area contributed by atoms with Crippen molar-refractivity contribution in [2.45, 2.75) is 31.9 Å². The number of carbonyl (C=O) groups excluding carboxylic acids is 1. The van der Waals surface area contributed by atoms with Crippen molar-refractivity contribution in [2.75, 3.05) is 13.7 Å². The molecule has 0 fully saturated rings. The van der Waals surface area contributed by atoms with E-state index in [0.717, 1.165) is 12.5 Å². The van der Waals surface area contributed by atoms with Crippen LogP contribution in [0.3, 0.4) is 0 Å². The molecule has 0 saturated carbocycles. The van der Waals surface area contributed by atoms with Gasteiger partial charge in [-0.15, -0.1) is 0 Å². The molecule has 0 aromatic rings. The minimum Gasteiger partial charge on any atom is -0.423 e. The number of hydrogen-bond donors (Lipinski definition) is 0. The zero-order chi connectivity index (χ0) is 9.23. The van der Waals surface area contributed by atoms with E-state index in [0.29, 0.717) is 6.54 Å². The van der Waals surface area contributed by atoms with Crippen LogP contribution in [0, 0.1) is 0 Å². The summed E-state index contributed by atoms with van der Waals surface area (Å²) in [5.41, 5.74) is 0. The topological polar surface area (TPSA) is 38.7 Å². The van der Waals surface area contributed by atoms with Gasteiger partial charge >= 0.3 is 0 Å². The molecule has 0 radical (unpaired) electrons. The molecule has 0 bridgehead atoms. The molecule has 12 heavy (non-hydrogen) atoms. The van der Waals surface area contributed by atoms with Crippen molar-refractivity contribution in [3.05, 3.63) is 0 Å². The maximum atomic E-state index is 9.73. The third-order valence-corrected chi connectivity index (χ3v) is 4.74. The Balaban J connectivity index is 3.36. The third-order valence-electron chi connectivity index (χ3n) is 1.80. The quantitative estimate of drug-likeness (QED) is 0.262. The monoisotopic (exact) mass is 187 g/mol. The summed E-state index contributed by atoms with van der Waals surface area (Å²) in [5, 5.41) is 0. The number of rotatable bonds is 7. The van der Waals surface area contributed by atoms with Gasteiger partial charge in [0.1, 0.15) is 0 Å². The van der Waals surface area contributed by atoms with E-state index < -0.39 is 9.04 Å². The van der Waals surface area contributed by atoms with Crippen LogP contribution >= 0.6 is 0 Å². The average molecular weight is 187 g/mol. The molecular formula is C8H17NO2Si. The van der Waals surface area contributed by atoms with Crippen LogP contribution in [-0.2, 0) is 9.22 Å². The molecule has 0 aliphatic heterocycles. The van der Waals surface area contributed by atoms with Crippen LogP contribution in [0.15, 0.2) is 4.99 Å². The SMILES string of the molecule is CCC[SiH](CCCN=C=O)OC. The standard InChI is InChI=1S/C8H17NO2Si/c1-3-6-12(11-2)7-4-5-9-8-10/h12H,3-7H2,1-2H3. The molecule has 3 nitrogen and oxygen atoms in total. The number of aliphatic imine (C=N–C) groups is 1. The fraction of sp³-hybridized carbons (Fsp3) is 0.875. The molecule has 0 aromatic heterocycles. The van der Waals surface area contributed by atoms with E-state index in [2.05, 4.69) is 11.9 Å². The highest BCUT2D eigenvalue weighted by atomic mass is 28.3. The van der Waals surface area contributed by atoms with Gasteiger partial charge in [0.05, 0.1) is 6.54 Å². The number of hydrogen-bond acceptors (Lipinski definition) is 3. The Morgan fingerprint density at radius 1 is 1.50 bits per heavy atom. The largest absolute Gasteiger partial charge is 0.423 e. The summed E-state index contributed by atoms with van der Waals surface area (Å²) < 4.78 is 5.37. The third kappa shape index (κ3) is 6.28. The molecule has 1 atom stereocenters. The first-order valence-electron chi connectivity index (χ1n) is 4.41. The van der Waals surface area contributed by atoms with E-state index in [4.69, 9.17) is 4.43 Å². The Morgan fingerprint density at radius 3 is 2.75 bits per heavy atom. The number of isocyanates is 1. The molecule has 0 saturated heterocycles. The predicted octanol–water partition coefficient (Wildman–Crippen LogP) is 1.49. The van der Waals surface area contributed by atoms with Crippen molar-refractivity contribution < 1.29 is 9.22 Å². The van der Waals surface area contributed by atoms with Gasteiger partial charge in [-0.1, -0.05) is 13.3 Å². The minimum absolute atomic E-state index is 0.611. The Bertz CT molecular complexity index is 146. The average Bonchev–Trinajstić information content (AvgIpc) is 2.10. The Hall–Kier alpha value is -0.443. The Kier molecular flexibility index (Phi) is 8.33. The summed E-state index contributed by atoms with van der Waals surface area (Å²) in [6.07, 6.45) is 3.71. The molecule has 0 N–H and O–H groups in total. The molecular weight excluding hydrogens is 170 g/mol. The van der Waals surface area contributed by atoms with E-state index in [1.165, 1.54) is 12.5 Å². The lowest BCUT2D eigenvalue weighted by molar-refractivity contribution is 0.415. The van der Waals surface area contributed by atoms with Crippen molar-refractivity contribution in [3.63, 3.8) is 0 Å². The lowest BCUT2D eigenvalue weighted by Crippen LogP contribution is -2.14. The minimum atomic E-state index is -0.945. The van der Waals surface area contributed by atoms with Crippen LogP contribution in [-0.4, -0.2) is 28.8 Å². The zero-order valence-electron chi connectivity index (χ0n) is 7.88. The van der Waals surface area contributed by atoms with Crippen molar-refractivity contribution in [1.29, 1.82) is 0 Å². The molecule has 0 spiro atoms. The fourth-order valence-corrected chi connectivity index (χ4v) is 3.19. The van der Waals surface area contributed by atoms with Crippen molar-refractivity contribution >= 4 is 15.1 Å². The zero-order valence-corrected chi connectivity index (χ0v) is 9.03. The second kappa shape index (κ2) is 8.65. The summed E-state index contributed by atoms with van der Waals surface area (Å²) in [6.45, 7) is 2.78. The molecule has 0 aliphatic carbocycles. The lowest BCUT2D eigenvalue weighted by atomic mass is 10.5. The van der Waals surface area contributed by atoms with Crippen LogP contribution in [0.5, 0.6) is 0 Å². The molecule has 0 rings (SSSR count). The van der Waals surface area contributed by atoms with Gasteiger partial charge in [-0.3, -0.25) is 0 Å². The highest BCUT2D eigenvalue weighted by Crippen LogP contribution is 2.06. The second-order valence-electron chi connectivity index (χ2n) is 2.76. The highest BCUT2D eigenvalue weighted by Gasteiger charge is 2.07. The molecule has 0 aromatic carbocycles. The van der Waals surface area contributed by atoms with E-state index in [9.17, 15) is 4.79 Å². The van der Waals surface area contributed by atoms with Gasteiger partial charge < -0.3 is 4.43 Å². The summed E-state index contributed by atoms with van der Waals surface area (Å²) in [5.74, 6) is 0. The molecule has 70 valence electrons. The first-order valence-corrected chi connectivity index (χ1v) is 6.52. The van der Waals surface area contributed by atoms with Crippen molar-refractivity contribution in [2.24, 2.45) is 4.99 Å². The Labute approximate surface area is 75.6 Å². The van der Waals surface area contributed by atoms with E-state index >= 15 is 0 Å². The maximum absolute atomic E-state index is 9.73. The molecule has 0 amide bonds. The van der Waals surface area contributed by atoms with Gasteiger partial charge in [-0.25, -0.2) is 9.79 Å². The highest BCUT2D eigenvalue weighted by molar-refractivity contribution is 6.51. The van der Waals surface area contributed by atoms with E-state index in [1.54, 1.807) is 13.2 Å². The van der Waals surface area contributed by atoms with Gasteiger partial charge in [0.15, 0.2) is 9.04 Å². The van der Waals surface area contributed by atoms with Crippen LogP contribution in [0.1, 0.15) is 19.8 Å². The first-order chi connectivity index (χ1) is 5.85. The van der Waals surface area contributed by atoms with Gasteiger partial charge in [0, 0.05) is 7.11 Å². The fourth-order valence-electron chi connectivity index (χ4n) is 1.15. The van der Waals surface area contributed by atoms with Crippen molar-refractivity contribution in [3.8, 4) is 0 Å². The summed E-state index contributed by atoms with van der Waals surface area (Å²) in [4.78, 5) is 13.2.